The third-order valence-electron chi connectivity index (χ3n) is 2.33. The van der Waals surface area contributed by atoms with Crippen LogP contribution in [0.3, 0.4) is 0 Å². The van der Waals surface area contributed by atoms with Gasteiger partial charge in [-0.1, -0.05) is 41.1 Å². The number of Topliss-reactive ketones (excluding diaryl/α,β-unsaturated/α-hetero) is 1. The van der Waals surface area contributed by atoms with Crippen molar-refractivity contribution in [1.29, 1.82) is 0 Å². The van der Waals surface area contributed by atoms with E-state index in [2.05, 4.69) is 22.9 Å². The minimum Gasteiger partial charge on any atom is -0.294 e. The number of hydrogen-bond donors (Lipinski definition) is 0. The SMILES string of the molecule is CCc1cc(CCl)ccc1C(=O)CCBr. The fourth-order valence-corrected chi connectivity index (χ4v) is 2.04. The molecule has 0 atom stereocenters. The van der Waals surface area contributed by atoms with Crippen molar-refractivity contribution >= 4 is 33.3 Å². The Hall–Kier alpha value is -0.340. The van der Waals surface area contributed by atoms with Gasteiger partial charge in [-0.15, -0.1) is 11.6 Å². The summed E-state index contributed by atoms with van der Waals surface area (Å²) in [5.74, 6) is 0.699. The van der Waals surface area contributed by atoms with Crippen LogP contribution >= 0.6 is 27.5 Å². The number of carbonyl (C=O) groups is 1. The van der Waals surface area contributed by atoms with Gasteiger partial charge >= 0.3 is 0 Å². The first-order valence-electron chi connectivity index (χ1n) is 4.99. The first-order valence-corrected chi connectivity index (χ1v) is 6.65. The molecule has 0 aliphatic rings. The molecular weight excluding hydrogens is 275 g/mol. The molecule has 0 N–H and O–H groups in total. The number of hydrogen-bond acceptors (Lipinski definition) is 1. The summed E-state index contributed by atoms with van der Waals surface area (Å²) in [6.07, 6.45) is 1.42. The summed E-state index contributed by atoms with van der Waals surface area (Å²) in [5.41, 5.74) is 3.01. The number of aryl methyl sites for hydroxylation is 1. The van der Waals surface area contributed by atoms with Crippen LogP contribution in [0.15, 0.2) is 18.2 Å². The molecule has 0 fully saturated rings. The van der Waals surface area contributed by atoms with E-state index in [0.29, 0.717) is 17.6 Å². The van der Waals surface area contributed by atoms with Gasteiger partial charge in [0.15, 0.2) is 5.78 Å². The molecule has 0 aliphatic heterocycles. The molecule has 0 spiro atoms. The van der Waals surface area contributed by atoms with E-state index in [9.17, 15) is 4.79 Å². The molecule has 3 heteroatoms. The molecule has 0 saturated carbocycles. The number of rotatable bonds is 5. The summed E-state index contributed by atoms with van der Waals surface area (Å²) in [6.45, 7) is 2.05. The van der Waals surface area contributed by atoms with Gasteiger partial charge in [-0.3, -0.25) is 4.79 Å². The molecule has 0 aromatic heterocycles. The Labute approximate surface area is 104 Å². The molecule has 0 bridgehead atoms. The number of carbonyl (C=O) groups excluding carboxylic acids is 1. The fraction of sp³-hybridized carbons (Fsp3) is 0.417. The molecule has 1 rings (SSSR count). The number of alkyl halides is 2. The molecule has 1 nitrogen and oxygen atoms in total. The largest absolute Gasteiger partial charge is 0.294 e. The molecule has 0 amide bonds. The van der Waals surface area contributed by atoms with Crippen LogP contribution in [-0.2, 0) is 12.3 Å². The number of halogens is 2. The first-order chi connectivity index (χ1) is 7.22. The van der Waals surface area contributed by atoms with E-state index in [4.69, 9.17) is 11.6 Å². The maximum Gasteiger partial charge on any atom is 0.163 e. The Morgan fingerprint density at radius 3 is 2.73 bits per heavy atom. The Kier molecular flexibility index (Phi) is 5.34. The van der Waals surface area contributed by atoms with Crippen LogP contribution in [0.1, 0.15) is 34.8 Å². The van der Waals surface area contributed by atoms with Gasteiger partial charge in [-0.25, -0.2) is 0 Å². The van der Waals surface area contributed by atoms with Crippen molar-refractivity contribution in [1.82, 2.24) is 0 Å². The fourth-order valence-electron chi connectivity index (χ4n) is 1.52. The highest BCUT2D eigenvalue weighted by atomic mass is 79.9. The summed E-state index contributed by atoms with van der Waals surface area (Å²) < 4.78 is 0. The maximum absolute atomic E-state index is 11.8. The van der Waals surface area contributed by atoms with Gasteiger partial charge in [-0.05, 0) is 17.5 Å². The molecule has 1 aromatic rings. The van der Waals surface area contributed by atoms with Crippen molar-refractivity contribution < 1.29 is 4.79 Å². The van der Waals surface area contributed by atoms with Gasteiger partial charge in [0, 0.05) is 23.2 Å². The van der Waals surface area contributed by atoms with Gasteiger partial charge in [0.25, 0.3) is 0 Å². The Balaban J connectivity index is 3.02. The Morgan fingerprint density at radius 2 is 2.20 bits per heavy atom. The van der Waals surface area contributed by atoms with E-state index in [-0.39, 0.29) is 5.78 Å². The maximum atomic E-state index is 11.8. The van der Waals surface area contributed by atoms with Gasteiger partial charge in [-0.2, -0.15) is 0 Å². The van der Waals surface area contributed by atoms with Crippen LogP contribution < -0.4 is 0 Å². The van der Waals surface area contributed by atoms with Crippen LogP contribution in [0.25, 0.3) is 0 Å². The van der Waals surface area contributed by atoms with Crippen LogP contribution in [0.4, 0.5) is 0 Å². The number of ketones is 1. The Morgan fingerprint density at radius 1 is 1.47 bits per heavy atom. The van der Waals surface area contributed by atoms with E-state index < -0.39 is 0 Å². The van der Waals surface area contributed by atoms with E-state index in [0.717, 1.165) is 23.1 Å². The summed E-state index contributed by atoms with van der Waals surface area (Å²) in [5, 5.41) is 0.715. The highest BCUT2D eigenvalue weighted by molar-refractivity contribution is 9.09. The topological polar surface area (TPSA) is 17.1 Å². The molecule has 15 heavy (non-hydrogen) atoms. The average molecular weight is 290 g/mol. The summed E-state index contributed by atoms with van der Waals surface area (Å²) in [6, 6.07) is 5.84. The van der Waals surface area contributed by atoms with Gasteiger partial charge in [0.1, 0.15) is 0 Å². The lowest BCUT2D eigenvalue weighted by Crippen LogP contribution is -2.04. The molecule has 0 aliphatic carbocycles. The smallest absolute Gasteiger partial charge is 0.163 e. The summed E-state index contributed by atoms with van der Waals surface area (Å²) >= 11 is 9.04. The average Bonchev–Trinajstić information content (AvgIpc) is 2.28. The molecule has 0 unspecified atom stereocenters. The van der Waals surface area contributed by atoms with Gasteiger partial charge in [0.05, 0.1) is 0 Å². The second-order valence-electron chi connectivity index (χ2n) is 3.34. The minimum absolute atomic E-state index is 0.199. The lowest BCUT2D eigenvalue weighted by atomic mass is 9.98. The molecule has 0 saturated heterocycles. The lowest BCUT2D eigenvalue weighted by Gasteiger charge is -2.07. The predicted molar refractivity (Wildman–Crippen MR) is 68.1 cm³/mol. The lowest BCUT2D eigenvalue weighted by molar-refractivity contribution is 0.0989. The van der Waals surface area contributed by atoms with Crippen molar-refractivity contribution in [3.63, 3.8) is 0 Å². The zero-order valence-electron chi connectivity index (χ0n) is 8.72. The van der Waals surface area contributed by atoms with Crippen molar-refractivity contribution in [3.05, 3.63) is 34.9 Å². The molecule has 0 heterocycles. The number of benzene rings is 1. The second kappa shape index (κ2) is 6.29. The third-order valence-corrected chi connectivity index (χ3v) is 3.03. The zero-order valence-corrected chi connectivity index (χ0v) is 11.1. The standard InChI is InChI=1S/C12H14BrClO/c1-2-10-7-9(8-14)3-4-11(10)12(15)5-6-13/h3-4,7H,2,5-6,8H2,1H3. The van der Waals surface area contributed by atoms with Crippen LogP contribution in [0.2, 0.25) is 0 Å². The van der Waals surface area contributed by atoms with E-state index in [1.807, 2.05) is 18.2 Å². The second-order valence-corrected chi connectivity index (χ2v) is 4.40. The summed E-state index contributed by atoms with van der Waals surface area (Å²) in [4.78, 5) is 11.8. The molecule has 0 radical (unpaired) electrons. The molecule has 1 aromatic carbocycles. The molecule has 82 valence electrons. The van der Waals surface area contributed by atoms with Crippen molar-refractivity contribution in [2.45, 2.75) is 25.6 Å². The van der Waals surface area contributed by atoms with Gasteiger partial charge in [0.2, 0.25) is 0 Å². The highest BCUT2D eigenvalue weighted by Gasteiger charge is 2.09. The van der Waals surface area contributed by atoms with E-state index >= 15 is 0 Å². The van der Waals surface area contributed by atoms with Crippen LogP contribution in [0.5, 0.6) is 0 Å². The van der Waals surface area contributed by atoms with E-state index in [1.54, 1.807) is 0 Å². The van der Waals surface area contributed by atoms with E-state index in [1.165, 1.54) is 0 Å². The minimum atomic E-state index is 0.199. The quantitative estimate of drug-likeness (QED) is 0.592. The highest BCUT2D eigenvalue weighted by Crippen LogP contribution is 2.16. The molecular formula is C12H14BrClO. The van der Waals surface area contributed by atoms with Gasteiger partial charge < -0.3 is 0 Å². The Bertz CT molecular complexity index is 349. The van der Waals surface area contributed by atoms with Crippen molar-refractivity contribution in [2.75, 3.05) is 5.33 Å². The zero-order chi connectivity index (χ0) is 11.3. The van der Waals surface area contributed by atoms with Crippen molar-refractivity contribution in [2.24, 2.45) is 0 Å². The normalized spacial score (nSPS) is 10.3. The third kappa shape index (κ3) is 3.32. The van der Waals surface area contributed by atoms with Crippen LogP contribution in [0, 0.1) is 0 Å². The first kappa shape index (κ1) is 12.7. The monoisotopic (exact) mass is 288 g/mol. The summed E-state index contributed by atoms with van der Waals surface area (Å²) in [7, 11) is 0. The van der Waals surface area contributed by atoms with Crippen molar-refractivity contribution in [3.8, 4) is 0 Å². The van der Waals surface area contributed by atoms with Crippen LogP contribution in [-0.4, -0.2) is 11.1 Å². The predicted octanol–water partition coefficient (Wildman–Crippen LogP) is 3.96.